The summed E-state index contributed by atoms with van der Waals surface area (Å²) in [6, 6.07) is -2.55. The second kappa shape index (κ2) is 10.6. The van der Waals surface area contributed by atoms with Crippen LogP contribution in [0.4, 0.5) is 0 Å². The lowest BCUT2D eigenvalue weighted by atomic mass is 10.0. The summed E-state index contributed by atoms with van der Waals surface area (Å²) in [5.74, 6) is -2.80. The van der Waals surface area contributed by atoms with Gasteiger partial charge in [-0.05, 0) is 25.7 Å². The molecular formula is C22H34N4O6. The number of carbonyl (C=O) groups excluding carboxylic acids is 5. The van der Waals surface area contributed by atoms with Crippen LogP contribution in [0.3, 0.4) is 0 Å². The number of hydrogen-bond donors (Lipinski definition) is 1. The molecule has 0 aromatic carbocycles. The summed E-state index contributed by atoms with van der Waals surface area (Å²) in [7, 11) is 2.93. The molecule has 0 radical (unpaired) electrons. The average molecular weight is 451 g/mol. The number of esters is 1. The lowest BCUT2D eigenvalue weighted by Crippen LogP contribution is -2.57. The Kier molecular flexibility index (Phi) is 8.40. The third kappa shape index (κ3) is 5.46. The third-order valence-corrected chi connectivity index (χ3v) is 5.91. The van der Waals surface area contributed by atoms with Crippen LogP contribution in [0, 0.1) is 5.92 Å². The molecule has 1 unspecified atom stereocenters. The number of nitrogens with zero attached hydrogens (tertiary/aromatic N) is 3. The number of cyclic esters (lactones) is 1. The van der Waals surface area contributed by atoms with Gasteiger partial charge in [0, 0.05) is 27.1 Å². The van der Waals surface area contributed by atoms with E-state index >= 15 is 0 Å². The first kappa shape index (κ1) is 25.4. The Morgan fingerprint density at radius 1 is 1.16 bits per heavy atom. The molecule has 2 heterocycles. The van der Waals surface area contributed by atoms with Gasteiger partial charge in [0.1, 0.15) is 18.1 Å². The highest BCUT2D eigenvalue weighted by molar-refractivity contribution is 5.95. The zero-order valence-electron chi connectivity index (χ0n) is 19.5. The second-order valence-electron chi connectivity index (χ2n) is 8.76. The van der Waals surface area contributed by atoms with E-state index in [-0.39, 0.29) is 18.9 Å². The van der Waals surface area contributed by atoms with Gasteiger partial charge in [-0.1, -0.05) is 19.9 Å². The molecule has 32 heavy (non-hydrogen) atoms. The van der Waals surface area contributed by atoms with Crippen molar-refractivity contribution < 1.29 is 28.7 Å². The number of hydrogen-bond acceptors (Lipinski definition) is 6. The van der Waals surface area contributed by atoms with Gasteiger partial charge in [-0.15, -0.1) is 6.58 Å². The van der Waals surface area contributed by atoms with Crippen molar-refractivity contribution in [3.63, 3.8) is 0 Å². The quantitative estimate of drug-likeness (QED) is 0.475. The zero-order chi connectivity index (χ0) is 24.2. The van der Waals surface area contributed by atoms with E-state index in [4.69, 9.17) is 4.74 Å². The van der Waals surface area contributed by atoms with Crippen molar-refractivity contribution >= 4 is 29.6 Å². The van der Waals surface area contributed by atoms with Gasteiger partial charge < -0.3 is 24.8 Å². The van der Waals surface area contributed by atoms with Crippen LogP contribution in [0.15, 0.2) is 12.7 Å². The smallest absolute Gasteiger partial charge is 0.329 e. The SMILES string of the molecule is C=CCC1OC(=O)[C@@H]2CCCN2C(=O)[C@H](C)NC(=O)[C@H](C(C)C)N(C)C(=O)CN(C)C1=O. The molecule has 0 aromatic rings. The topological polar surface area (TPSA) is 116 Å². The molecule has 0 bridgehead atoms. The maximum Gasteiger partial charge on any atom is 0.329 e. The third-order valence-electron chi connectivity index (χ3n) is 5.91. The second-order valence-corrected chi connectivity index (χ2v) is 8.76. The van der Waals surface area contributed by atoms with Crippen molar-refractivity contribution in [2.45, 2.75) is 64.3 Å². The van der Waals surface area contributed by atoms with E-state index in [1.165, 1.54) is 34.9 Å². The van der Waals surface area contributed by atoms with E-state index in [1.807, 2.05) is 0 Å². The van der Waals surface area contributed by atoms with Gasteiger partial charge in [0.2, 0.25) is 17.7 Å². The van der Waals surface area contributed by atoms with Crippen molar-refractivity contribution in [3.8, 4) is 0 Å². The van der Waals surface area contributed by atoms with Crippen LogP contribution in [0.25, 0.3) is 0 Å². The van der Waals surface area contributed by atoms with E-state index in [0.29, 0.717) is 19.4 Å². The summed E-state index contributed by atoms with van der Waals surface area (Å²) in [6.07, 6.45) is 1.40. The fourth-order valence-electron chi connectivity index (χ4n) is 4.17. The normalized spacial score (nSPS) is 28.8. The van der Waals surface area contributed by atoms with Crippen molar-refractivity contribution in [3.05, 3.63) is 12.7 Å². The Hall–Kier alpha value is -2.91. The molecule has 2 aliphatic rings. The summed E-state index contributed by atoms with van der Waals surface area (Å²) < 4.78 is 5.48. The van der Waals surface area contributed by atoms with Gasteiger partial charge in [-0.3, -0.25) is 19.2 Å². The van der Waals surface area contributed by atoms with Gasteiger partial charge in [-0.2, -0.15) is 0 Å². The largest absolute Gasteiger partial charge is 0.450 e. The highest BCUT2D eigenvalue weighted by Crippen LogP contribution is 2.22. The highest BCUT2D eigenvalue weighted by Gasteiger charge is 2.41. The van der Waals surface area contributed by atoms with Crippen LogP contribution in [0.5, 0.6) is 0 Å². The van der Waals surface area contributed by atoms with Gasteiger partial charge >= 0.3 is 5.97 Å². The molecule has 0 aromatic heterocycles. The Bertz CT molecular complexity index is 782. The molecule has 4 amide bonds. The fourth-order valence-corrected chi connectivity index (χ4v) is 4.17. The first-order valence-electron chi connectivity index (χ1n) is 10.9. The first-order chi connectivity index (χ1) is 15.0. The summed E-state index contributed by atoms with van der Waals surface area (Å²) in [5.41, 5.74) is 0. The summed E-state index contributed by atoms with van der Waals surface area (Å²) >= 11 is 0. The average Bonchev–Trinajstić information content (AvgIpc) is 3.21. The first-order valence-corrected chi connectivity index (χ1v) is 10.9. The molecule has 10 heteroatoms. The number of carbonyl (C=O) groups is 5. The molecule has 2 saturated heterocycles. The van der Waals surface area contributed by atoms with E-state index in [1.54, 1.807) is 20.8 Å². The van der Waals surface area contributed by atoms with Crippen molar-refractivity contribution in [1.29, 1.82) is 0 Å². The van der Waals surface area contributed by atoms with Crippen LogP contribution in [-0.4, -0.2) is 95.7 Å². The van der Waals surface area contributed by atoms with E-state index in [0.717, 1.165) is 0 Å². The number of amides is 4. The molecule has 2 aliphatic heterocycles. The molecule has 4 atom stereocenters. The summed E-state index contributed by atoms with van der Waals surface area (Å²) in [5, 5.41) is 2.69. The van der Waals surface area contributed by atoms with Crippen LogP contribution >= 0.6 is 0 Å². The molecule has 0 aliphatic carbocycles. The lowest BCUT2D eigenvalue weighted by Gasteiger charge is -2.32. The number of likely N-dealkylation sites (N-methyl/N-ethyl adjacent to an activating group) is 2. The van der Waals surface area contributed by atoms with Crippen molar-refractivity contribution in [2.75, 3.05) is 27.2 Å². The van der Waals surface area contributed by atoms with Gasteiger partial charge in [0.25, 0.3) is 5.91 Å². The molecule has 0 spiro atoms. The standard InChI is InChI=1S/C22H34N4O6/c1-7-9-16-21(30)24(5)12-17(27)25(6)18(13(2)3)19(28)23-14(4)20(29)26-11-8-10-15(26)22(31)32-16/h7,13-16,18H,1,8-12H2,2-6H3,(H,23,28)/t14-,15-,16?,18-/m0/s1. The zero-order valence-corrected chi connectivity index (χ0v) is 19.5. The molecule has 2 rings (SSSR count). The van der Waals surface area contributed by atoms with E-state index < -0.39 is 53.8 Å². The maximum atomic E-state index is 13.0. The van der Waals surface area contributed by atoms with E-state index in [2.05, 4.69) is 11.9 Å². The van der Waals surface area contributed by atoms with Gasteiger partial charge in [0.05, 0.1) is 6.54 Å². The van der Waals surface area contributed by atoms with Gasteiger partial charge in [0.15, 0.2) is 6.10 Å². The predicted molar refractivity (Wildman–Crippen MR) is 116 cm³/mol. The van der Waals surface area contributed by atoms with Gasteiger partial charge in [-0.25, -0.2) is 4.79 Å². The monoisotopic (exact) mass is 450 g/mol. The Labute approximate surface area is 188 Å². The minimum absolute atomic E-state index is 0.0741. The molecule has 1 N–H and O–H groups in total. The minimum atomic E-state index is -1.15. The predicted octanol–water partition coefficient (Wildman–Crippen LogP) is -0.0750. The lowest BCUT2D eigenvalue weighted by molar-refractivity contribution is -0.165. The maximum absolute atomic E-state index is 13.0. The van der Waals surface area contributed by atoms with Crippen LogP contribution in [-0.2, 0) is 28.7 Å². The van der Waals surface area contributed by atoms with Crippen molar-refractivity contribution in [2.24, 2.45) is 5.92 Å². The molecule has 0 saturated carbocycles. The number of fused-ring (bicyclic) bond motifs is 1. The molecule has 10 nitrogen and oxygen atoms in total. The summed E-state index contributed by atoms with van der Waals surface area (Å²) in [6.45, 7) is 8.82. The van der Waals surface area contributed by atoms with Crippen molar-refractivity contribution in [1.82, 2.24) is 20.0 Å². The Balaban J connectivity index is 2.44. The number of nitrogens with one attached hydrogen (secondary N) is 1. The molecular weight excluding hydrogens is 416 g/mol. The highest BCUT2D eigenvalue weighted by atomic mass is 16.5. The summed E-state index contributed by atoms with van der Waals surface area (Å²) in [4.78, 5) is 68.5. The Morgan fingerprint density at radius 3 is 2.41 bits per heavy atom. The Morgan fingerprint density at radius 2 is 1.81 bits per heavy atom. The van der Waals surface area contributed by atoms with Crippen LogP contribution < -0.4 is 5.32 Å². The number of ether oxygens (including phenoxy) is 1. The van der Waals surface area contributed by atoms with Crippen LogP contribution in [0.1, 0.15) is 40.0 Å². The van der Waals surface area contributed by atoms with Crippen LogP contribution in [0.2, 0.25) is 0 Å². The minimum Gasteiger partial charge on any atom is -0.450 e. The molecule has 2 fully saturated rings. The van der Waals surface area contributed by atoms with E-state index in [9.17, 15) is 24.0 Å². The fraction of sp³-hybridized carbons (Fsp3) is 0.682. The molecule has 178 valence electrons. The number of rotatable bonds is 3.